The van der Waals surface area contributed by atoms with E-state index in [2.05, 4.69) is 20.3 Å². The van der Waals surface area contributed by atoms with Gasteiger partial charge in [0, 0.05) is 6.21 Å². The molecule has 3 rings (SSSR count). The first-order valence-corrected chi connectivity index (χ1v) is 10.8. The first-order chi connectivity index (χ1) is 15.8. The number of thiophene rings is 1. The summed E-state index contributed by atoms with van der Waals surface area (Å²) >= 11 is 5.74. The average Bonchev–Trinajstić information content (AvgIpc) is 3.09. The lowest BCUT2D eigenvalue weighted by molar-refractivity contribution is 0.0527. The molecule has 10 nitrogen and oxygen atoms in total. The maximum atomic E-state index is 13.0. The number of amides is 1. The van der Waals surface area contributed by atoms with Crippen molar-refractivity contribution in [2.75, 3.05) is 19.0 Å². The number of carbonyl (C=O) groups is 2. The Morgan fingerprint density at radius 1 is 1.30 bits per heavy atom. The topological polar surface area (TPSA) is 146 Å². The monoisotopic (exact) mass is 488 g/mol. The first-order valence-electron chi connectivity index (χ1n) is 9.61. The predicted octanol–water partition coefficient (Wildman–Crippen LogP) is 3.70. The van der Waals surface area contributed by atoms with Crippen LogP contribution in [0, 0.1) is 11.7 Å². The number of aliphatic imine (C=N–C) groups is 1. The minimum Gasteiger partial charge on any atom is -0.495 e. The fourth-order valence-corrected chi connectivity index (χ4v) is 4.13. The van der Waals surface area contributed by atoms with Crippen LogP contribution in [0.5, 0.6) is 11.6 Å². The van der Waals surface area contributed by atoms with Gasteiger partial charge in [-0.2, -0.15) is 0 Å². The number of methoxy groups -OCH3 is 1. The van der Waals surface area contributed by atoms with Crippen LogP contribution >= 0.6 is 23.6 Å². The Labute approximate surface area is 196 Å². The van der Waals surface area contributed by atoms with Gasteiger partial charge in [-0.3, -0.25) is 14.6 Å². The van der Waals surface area contributed by atoms with Crippen molar-refractivity contribution in [3.8, 4) is 11.6 Å². The zero-order valence-electron chi connectivity index (χ0n) is 17.8. The molecule has 0 atom stereocenters. The summed E-state index contributed by atoms with van der Waals surface area (Å²) in [5.74, 6) is -1.15. The fraction of sp³-hybridized carbons (Fsp3) is 0.190. The highest BCUT2D eigenvalue weighted by molar-refractivity contribution is 7.71. The molecule has 2 aromatic heterocycles. The second kappa shape index (κ2) is 10.2. The predicted molar refractivity (Wildman–Crippen MR) is 127 cm³/mol. The van der Waals surface area contributed by atoms with Gasteiger partial charge in [-0.25, -0.2) is 9.79 Å². The Kier molecular flexibility index (Phi) is 7.41. The van der Waals surface area contributed by atoms with Gasteiger partial charge in [0.15, 0.2) is 4.77 Å². The Morgan fingerprint density at radius 2 is 2.03 bits per heavy atom. The van der Waals surface area contributed by atoms with Crippen LogP contribution in [-0.2, 0) is 4.74 Å². The molecule has 3 aromatic rings. The lowest BCUT2D eigenvalue weighted by Crippen LogP contribution is -2.13. The molecule has 0 radical (unpaired) electrons. The Balaban J connectivity index is 2.05. The smallest absolute Gasteiger partial charge is 0.341 e. The number of ether oxygens (including phenoxy) is 2. The highest BCUT2D eigenvalue weighted by atomic mass is 32.1. The third-order valence-electron chi connectivity index (χ3n) is 4.44. The van der Waals surface area contributed by atoms with Crippen molar-refractivity contribution in [1.82, 2.24) is 9.97 Å². The molecule has 0 spiro atoms. The van der Waals surface area contributed by atoms with Crippen molar-refractivity contribution in [1.29, 1.82) is 0 Å². The van der Waals surface area contributed by atoms with Gasteiger partial charge >= 0.3 is 5.97 Å². The largest absolute Gasteiger partial charge is 0.495 e. The summed E-state index contributed by atoms with van der Waals surface area (Å²) in [5, 5.41) is 12.9. The Morgan fingerprint density at radius 3 is 2.70 bits per heavy atom. The number of rotatable bonds is 7. The molecular formula is C21H20N4O6S2. The van der Waals surface area contributed by atoms with E-state index in [1.807, 2.05) is 0 Å². The normalized spacial score (nSPS) is 10.9. The SMILES string of the molecule is CCOC(=O)c1c(N=Cc2c(O)[nH]c(=S)[nH]c2=O)sc(C(=O)Nc2ccccc2OC)c1C. The number of nitrogens with one attached hydrogen (secondary N) is 3. The van der Waals surface area contributed by atoms with Crippen molar-refractivity contribution < 1.29 is 24.2 Å². The minimum absolute atomic E-state index is 0.0517. The summed E-state index contributed by atoms with van der Waals surface area (Å²) < 4.78 is 10.3. The van der Waals surface area contributed by atoms with Crippen LogP contribution in [0.25, 0.3) is 0 Å². The number of hydrogen-bond acceptors (Lipinski definition) is 9. The number of H-pyrrole nitrogens is 2. The first kappa shape index (κ1) is 23.9. The van der Waals surface area contributed by atoms with Crippen LogP contribution in [-0.4, -0.2) is 46.9 Å². The van der Waals surface area contributed by atoms with Gasteiger partial charge in [0.05, 0.1) is 24.3 Å². The number of nitrogens with zero attached hydrogens (tertiary/aromatic N) is 1. The van der Waals surface area contributed by atoms with E-state index in [1.165, 1.54) is 7.11 Å². The van der Waals surface area contributed by atoms with E-state index in [4.69, 9.17) is 21.7 Å². The molecule has 0 saturated heterocycles. The zero-order valence-corrected chi connectivity index (χ0v) is 19.5. The highest BCUT2D eigenvalue weighted by Gasteiger charge is 2.26. The number of esters is 1. The standard InChI is InChI=1S/C21H20N4O6S2/c1-4-31-20(29)14-10(2)15(18(28)23-12-7-5-6-8-13(12)30-3)33-19(14)22-9-11-16(26)24-21(32)25-17(11)27/h5-9H,4H2,1-3H3,(H,23,28)(H3,24,25,26,27,32). The summed E-state index contributed by atoms with van der Waals surface area (Å²) in [6.07, 6.45) is 1.08. The summed E-state index contributed by atoms with van der Waals surface area (Å²) in [5.41, 5.74) is 0.0489. The molecule has 0 saturated carbocycles. The van der Waals surface area contributed by atoms with Gasteiger partial charge < -0.3 is 24.9 Å². The van der Waals surface area contributed by atoms with Gasteiger partial charge in [0.2, 0.25) is 5.88 Å². The van der Waals surface area contributed by atoms with Crippen molar-refractivity contribution in [2.24, 2.45) is 4.99 Å². The number of aromatic amines is 2. The van der Waals surface area contributed by atoms with Gasteiger partial charge in [-0.1, -0.05) is 12.1 Å². The van der Waals surface area contributed by atoms with Crippen molar-refractivity contribution in [3.63, 3.8) is 0 Å². The van der Waals surface area contributed by atoms with Crippen LogP contribution in [0.4, 0.5) is 10.7 Å². The third kappa shape index (κ3) is 5.18. The molecule has 0 aliphatic carbocycles. The number of anilines is 1. The number of aromatic hydroxyl groups is 1. The molecule has 0 aliphatic heterocycles. The lowest BCUT2D eigenvalue weighted by atomic mass is 10.1. The lowest BCUT2D eigenvalue weighted by Gasteiger charge is -2.09. The van der Waals surface area contributed by atoms with Crippen LogP contribution in [0.1, 0.15) is 38.1 Å². The van der Waals surface area contributed by atoms with Crippen molar-refractivity contribution in [3.05, 3.63) is 61.0 Å². The molecule has 0 aliphatic rings. The van der Waals surface area contributed by atoms with E-state index in [-0.39, 0.29) is 32.4 Å². The molecule has 1 amide bonds. The van der Waals surface area contributed by atoms with Crippen molar-refractivity contribution >= 4 is 52.3 Å². The second-order valence-corrected chi connectivity index (χ2v) is 7.95. The van der Waals surface area contributed by atoms with Crippen LogP contribution in [0.3, 0.4) is 0 Å². The van der Waals surface area contributed by atoms with E-state index in [0.717, 1.165) is 17.6 Å². The third-order valence-corrected chi connectivity index (χ3v) is 5.84. The van der Waals surface area contributed by atoms with Gasteiger partial charge in [-0.05, 0) is 43.8 Å². The fourth-order valence-electron chi connectivity index (χ4n) is 2.90. The van der Waals surface area contributed by atoms with Gasteiger partial charge in [0.25, 0.3) is 11.5 Å². The second-order valence-electron chi connectivity index (χ2n) is 6.54. The van der Waals surface area contributed by atoms with E-state index in [9.17, 15) is 19.5 Å². The van der Waals surface area contributed by atoms with E-state index < -0.39 is 23.3 Å². The number of aromatic nitrogens is 2. The summed E-state index contributed by atoms with van der Waals surface area (Å²) in [4.78, 5) is 46.8. The van der Waals surface area contributed by atoms with E-state index in [1.54, 1.807) is 38.1 Å². The number of benzene rings is 1. The zero-order chi connectivity index (χ0) is 24.1. The Bertz CT molecular complexity index is 1360. The van der Waals surface area contributed by atoms with Crippen LogP contribution < -0.4 is 15.6 Å². The number of hydrogen-bond donors (Lipinski definition) is 4. The molecule has 2 heterocycles. The highest BCUT2D eigenvalue weighted by Crippen LogP contribution is 2.37. The summed E-state index contributed by atoms with van der Waals surface area (Å²) in [6, 6.07) is 6.89. The molecule has 172 valence electrons. The maximum Gasteiger partial charge on any atom is 0.341 e. The van der Waals surface area contributed by atoms with Crippen LogP contribution in [0.2, 0.25) is 0 Å². The minimum atomic E-state index is -0.667. The maximum absolute atomic E-state index is 13.0. The molecule has 4 N–H and O–H groups in total. The van der Waals surface area contributed by atoms with E-state index in [0.29, 0.717) is 17.0 Å². The molecule has 0 bridgehead atoms. The average molecular weight is 489 g/mol. The van der Waals surface area contributed by atoms with Crippen LogP contribution in [0.15, 0.2) is 34.1 Å². The summed E-state index contributed by atoms with van der Waals surface area (Å²) in [6.45, 7) is 3.38. The van der Waals surface area contributed by atoms with Gasteiger partial charge in [-0.15, -0.1) is 11.3 Å². The van der Waals surface area contributed by atoms with Gasteiger partial charge in [0.1, 0.15) is 21.9 Å². The van der Waals surface area contributed by atoms with E-state index >= 15 is 0 Å². The quantitative estimate of drug-likeness (QED) is 0.225. The molecule has 1 aromatic carbocycles. The Hall–Kier alpha value is -3.77. The molecule has 12 heteroatoms. The number of carbonyl (C=O) groups excluding carboxylic acids is 2. The number of para-hydroxylation sites is 2. The molecular weight excluding hydrogens is 468 g/mol. The molecule has 33 heavy (non-hydrogen) atoms. The van der Waals surface area contributed by atoms with Crippen molar-refractivity contribution in [2.45, 2.75) is 13.8 Å². The molecule has 0 unspecified atom stereocenters. The molecule has 0 fully saturated rings. The summed E-state index contributed by atoms with van der Waals surface area (Å²) in [7, 11) is 1.49.